The van der Waals surface area contributed by atoms with Crippen LogP contribution >= 0.6 is 0 Å². The van der Waals surface area contributed by atoms with E-state index in [1.807, 2.05) is 0 Å². The van der Waals surface area contributed by atoms with Crippen LogP contribution in [-0.2, 0) is 18.0 Å². The maximum Gasteiger partial charge on any atom is 0.416 e. The van der Waals surface area contributed by atoms with Gasteiger partial charge >= 0.3 is 6.18 Å². The first-order valence-electron chi connectivity index (χ1n) is 11.2. The van der Waals surface area contributed by atoms with Crippen molar-refractivity contribution in [2.75, 3.05) is 0 Å². The zero-order valence-corrected chi connectivity index (χ0v) is 18.0. The van der Waals surface area contributed by atoms with E-state index in [2.05, 4.69) is 0 Å². The van der Waals surface area contributed by atoms with Crippen LogP contribution in [0.2, 0.25) is 0 Å². The molecule has 0 saturated heterocycles. The third-order valence-corrected chi connectivity index (χ3v) is 8.33. The Morgan fingerprint density at radius 2 is 1.66 bits per heavy atom. The molecule has 1 aromatic carbocycles. The third kappa shape index (κ3) is 3.37. The number of alkyl halides is 3. The number of carbonyl (C=O) groups is 2. The van der Waals surface area contributed by atoms with E-state index in [0.29, 0.717) is 41.1 Å². The van der Waals surface area contributed by atoms with Crippen LogP contribution in [0, 0.1) is 29.1 Å². The quantitative estimate of drug-likeness (QED) is 0.644. The number of halogens is 3. The van der Waals surface area contributed by atoms with Gasteiger partial charge in [0.2, 0.25) is 5.91 Å². The average molecular weight is 444 g/mol. The van der Waals surface area contributed by atoms with Gasteiger partial charge < -0.3 is 10.3 Å². The highest BCUT2D eigenvalue weighted by atomic mass is 19.4. The molecule has 0 spiro atoms. The fraction of sp³-hybridized carbons (Fsp3) is 0.520. The molecule has 32 heavy (non-hydrogen) atoms. The molecule has 6 rings (SSSR count). The maximum absolute atomic E-state index is 13.2. The Balaban J connectivity index is 1.33. The van der Waals surface area contributed by atoms with Crippen molar-refractivity contribution in [2.24, 2.45) is 41.9 Å². The summed E-state index contributed by atoms with van der Waals surface area (Å²) in [6.45, 7) is 0. The number of carbonyl (C=O) groups excluding carboxylic acids is 2. The van der Waals surface area contributed by atoms with Gasteiger partial charge in [0.25, 0.3) is 0 Å². The van der Waals surface area contributed by atoms with E-state index in [0.717, 1.165) is 44.2 Å². The van der Waals surface area contributed by atoms with Crippen molar-refractivity contribution in [3.8, 4) is 11.3 Å². The SMILES string of the molecule is Cn1c(C(=O)CC2C3CC4CC2CC(C(N)=O)(C4)C3)ccc1-c1ccc(C(F)(F)F)cc1. The fourth-order valence-corrected chi connectivity index (χ4v) is 6.99. The predicted molar refractivity (Wildman–Crippen MR) is 113 cm³/mol. The Morgan fingerprint density at radius 1 is 1.03 bits per heavy atom. The topological polar surface area (TPSA) is 65.1 Å². The summed E-state index contributed by atoms with van der Waals surface area (Å²) in [5.74, 6) is 1.44. The summed E-state index contributed by atoms with van der Waals surface area (Å²) in [5.41, 5.74) is 6.62. The highest BCUT2D eigenvalue weighted by molar-refractivity contribution is 5.96. The van der Waals surface area contributed by atoms with Crippen molar-refractivity contribution in [3.05, 3.63) is 47.7 Å². The van der Waals surface area contributed by atoms with Gasteiger partial charge in [0.15, 0.2) is 5.78 Å². The molecule has 0 radical (unpaired) electrons. The molecule has 4 aliphatic rings. The fourth-order valence-electron chi connectivity index (χ4n) is 6.99. The maximum atomic E-state index is 13.2. The number of ketones is 1. The molecule has 4 nitrogen and oxygen atoms in total. The normalized spacial score (nSPS) is 31.1. The lowest BCUT2D eigenvalue weighted by Crippen LogP contribution is -2.56. The number of Topliss-reactive ketones (excluding diaryl/α,β-unsaturated/α-hetero) is 1. The van der Waals surface area contributed by atoms with Crippen molar-refractivity contribution in [2.45, 2.75) is 44.7 Å². The van der Waals surface area contributed by atoms with Crippen molar-refractivity contribution in [3.63, 3.8) is 0 Å². The van der Waals surface area contributed by atoms with Gasteiger partial charge in [-0.2, -0.15) is 13.2 Å². The first kappa shape index (κ1) is 21.3. The molecule has 1 aromatic heterocycles. The summed E-state index contributed by atoms with van der Waals surface area (Å²) < 4.78 is 40.3. The number of nitrogens with two attached hydrogens (primary N) is 1. The summed E-state index contributed by atoms with van der Waals surface area (Å²) in [4.78, 5) is 25.4. The molecule has 4 aliphatic carbocycles. The molecule has 2 atom stereocenters. The molecule has 4 bridgehead atoms. The van der Waals surface area contributed by atoms with Gasteiger partial charge in [0, 0.05) is 24.6 Å². The standard InChI is InChI=1S/C25H27F3N2O2/c1-30-20(15-2-4-18(5-3-15)25(26,27)28)6-7-21(30)22(31)10-19-16-8-14-9-17(19)13-24(11-14,12-16)23(29)32/h2-7,14,16-17,19H,8-13H2,1H3,(H2,29,32). The summed E-state index contributed by atoms with van der Waals surface area (Å²) in [6, 6.07) is 8.55. The second kappa shape index (κ2) is 7.22. The number of hydrogen-bond donors (Lipinski definition) is 1. The van der Waals surface area contributed by atoms with E-state index in [9.17, 15) is 22.8 Å². The van der Waals surface area contributed by atoms with Crippen LogP contribution in [-0.4, -0.2) is 16.3 Å². The van der Waals surface area contributed by atoms with Gasteiger partial charge in [0.05, 0.1) is 11.3 Å². The second-order valence-electron chi connectivity index (χ2n) is 10.1. The second-order valence-corrected chi connectivity index (χ2v) is 10.1. The first-order valence-corrected chi connectivity index (χ1v) is 11.2. The van der Waals surface area contributed by atoms with E-state index in [1.165, 1.54) is 12.1 Å². The number of primary amides is 1. The van der Waals surface area contributed by atoms with Crippen molar-refractivity contribution >= 4 is 11.7 Å². The number of nitrogens with zero attached hydrogens (tertiary/aromatic N) is 1. The lowest BCUT2D eigenvalue weighted by atomic mass is 9.45. The molecular formula is C25H27F3N2O2. The Bertz CT molecular complexity index is 1050. The molecule has 170 valence electrons. The van der Waals surface area contributed by atoms with Gasteiger partial charge in [-0.1, -0.05) is 12.1 Å². The number of aromatic nitrogens is 1. The van der Waals surface area contributed by atoms with Crippen LogP contribution in [0.1, 0.15) is 54.6 Å². The van der Waals surface area contributed by atoms with Crippen LogP contribution < -0.4 is 5.73 Å². The van der Waals surface area contributed by atoms with Gasteiger partial charge in [-0.15, -0.1) is 0 Å². The number of benzene rings is 1. The number of hydrogen-bond acceptors (Lipinski definition) is 2. The molecule has 2 N–H and O–H groups in total. The molecule has 4 fully saturated rings. The first-order chi connectivity index (χ1) is 15.1. The smallest absolute Gasteiger partial charge is 0.369 e. The molecule has 0 aliphatic heterocycles. The Labute approximate surface area is 185 Å². The summed E-state index contributed by atoms with van der Waals surface area (Å²) in [7, 11) is 1.78. The number of amides is 1. The van der Waals surface area contributed by atoms with E-state index in [4.69, 9.17) is 5.73 Å². The van der Waals surface area contributed by atoms with Crippen LogP contribution in [0.5, 0.6) is 0 Å². The highest BCUT2D eigenvalue weighted by Gasteiger charge is 2.57. The summed E-state index contributed by atoms with van der Waals surface area (Å²) in [5, 5.41) is 0. The van der Waals surface area contributed by atoms with Gasteiger partial charge in [-0.25, -0.2) is 0 Å². The van der Waals surface area contributed by atoms with Gasteiger partial charge in [0.1, 0.15) is 0 Å². The van der Waals surface area contributed by atoms with Crippen LogP contribution in [0.25, 0.3) is 11.3 Å². The van der Waals surface area contributed by atoms with E-state index in [1.54, 1.807) is 23.7 Å². The lowest BCUT2D eigenvalue weighted by molar-refractivity contribution is -0.149. The molecule has 2 aromatic rings. The molecule has 1 amide bonds. The van der Waals surface area contributed by atoms with Gasteiger partial charge in [-0.3, -0.25) is 9.59 Å². The van der Waals surface area contributed by atoms with E-state index in [-0.39, 0.29) is 23.0 Å². The molecule has 1 heterocycles. The Hall–Kier alpha value is -2.57. The predicted octanol–water partition coefficient (Wildman–Crippen LogP) is 5.21. The van der Waals surface area contributed by atoms with Crippen LogP contribution in [0.3, 0.4) is 0 Å². The van der Waals surface area contributed by atoms with Gasteiger partial charge in [-0.05, 0) is 85.6 Å². The molecule has 7 heteroatoms. The minimum Gasteiger partial charge on any atom is -0.369 e. The minimum atomic E-state index is -4.38. The minimum absolute atomic E-state index is 0.0521. The van der Waals surface area contributed by atoms with Crippen LogP contribution in [0.15, 0.2) is 36.4 Å². The van der Waals surface area contributed by atoms with E-state index < -0.39 is 11.7 Å². The summed E-state index contributed by atoms with van der Waals surface area (Å²) in [6.07, 6.45) is 0.736. The summed E-state index contributed by atoms with van der Waals surface area (Å²) >= 11 is 0. The zero-order valence-electron chi connectivity index (χ0n) is 18.0. The average Bonchev–Trinajstić information content (AvgIpc) is 3.11. The van der Waals surface area contributed by atoms with Crippen molar-refractivity contribution in [1.29, 1.82) is 0 Å². The largest absolute Gasteiger partial charge is 0.416 e. The Kier molecular flexibility index (Phi) is 4.80. The molecule has 2 unspecified atom stereocenters. The van der Waals surface area contributed by atoms with Crippen molar-refractivity contribution < 1.29 is 22.8 Å². The molecule has 4 saturated carbocycles. The zero-order chi connectivity index (χ0) is 22.8. The van der Waals surface area contributed by atoms with Crippen LogP contribution in [0.4, 0.5) is 13.2 Å². The number of rotatable bonds is 5. The molecular weight excluding hydrogens is 417 g/mol. The third-order valence-electron chi connectivity index (χ3n) is 8.33. The monoisotopic (exact) mass is 444 g/mol. The van der Waals surface area contributed by atoms with E-state index >= 15 is 0 Å². The van der Waals surface area contributed by atoms with Crippen molar-refractivity contribution in [1.82, 2.24) is 4.57 Å². The lowest BCUT2D eigenvalue weighted by Gasteiger charge is -2.59. The highest BCUT2D eigenvalue weighted by Crippen LogP contribution is 2.62. The Morgan fingerprint density at radius 3 is 2.22 bits per heavy atom.